The highest BCUT2D eigenvalue weighted by Crippen LogP contribution is 2.32. The molecule has 3 heterocycles. The summed E-state index contributed by atoms with van der Waals surface area (Å²) in [6.45, 7) is 4.24. The minimum Gasteiger partial charge on any atom is -0.454 e. The number of ether oxygens (including phenoxy) is 2. The van der Waals surface area contributed by atoms with Gasteiger partial charge in [0.05, 0.1) is 0 Å². The van der Waals surface area contributed by atoms with Crippen LogP contribution in [0, 0.1) is 0 Å². The number of hydrogen-bond donors (Lipinski definition) is 1. The second-order valence-electron chi connectivity index (χ2n) is 6.12. The Morgan fingerprint density at radius 1 is 1.22 bits per heavy atom. The summed E-state index contributed by atoms with van der Waals surface area (Å²) in [6.07, 6.45) is 4.85. The Bertz CT molecular complexity index is 1000. The van der Waals surface area contributed by atoms with Crippen LogP contribution in [-0.4, -0.2) is 32.7 Å². The van der Waals surface area contributed by atoms with Crippen molar-refractivity contribution in [3.05, 3.63) is 42.1 Å². The Balaban J connectivity index is 1.40. The maximum Gasteiger partial charge on any atom is 0.322 e. The Morgan fingerprint density at radius 2 is 2.07 bits per heavy atom. The second kappa shape index (κ2) is 6.94. The molecular weight excluding hydrogens is 350 g/mol. The normalized spacial score (nSPS) is 12.9. The number of nitrogens with zero attached hydrogens (tertiary/aromatic N) is 4. The fourth-order valence-electron chi connectivity index (χ4n) is 2.45. The smallest absolute Gasteiger partial charge is 0.322 e. The van der Waals surface area contributed by atoms with E-state index >= 15 is 0 Å². The number of hydrogen-bond acceptors (Lipinski definition) is 7. The zero-order valence-electron chi connectivity index (χ0n) is 14.7. The molecule has 1 aliphatic rings. The molecule has 0 atom stereocenters. The highest BCUT2D eigenvalue weighted by Gasteiger charge is 2.14. The van der Waals surface area contributed by atoms with E-state index in [0.29, 0.717) is 17.2 Å². The summed E-state index contributed by atoms with van der Waals surface area (Å²) in [4.78, 5) is 12.1. The van der Waals surface area contributed by atoms with Crippen LogP contribution < -0.4 is 14.8 Å². The molecule has 9 nitrogen and oxygen atoms in total. The molecule has 0 saturated heterocycles. The third-order valence-corrected chi connectivity index (χ3v) is 3.84. The van der Waals surface area contributed by atoms with E-state index in [1.54, 1.807) is 29.0 Å². The van der Waals surface area contributed by atoms with E-state index in [0.717, 1.165) is 5.56 Å². The van der Waals surface area contributed by atoms with Crippen molar-refractivity contribution in [1.82, 2.24) is 20.0 Å². The zero-order valence-corrected chi connectivity index (χ0v) is 14.7. The number of carbonyl (C=O) groups excluding carboxylic acids is 1. The summed E-state index contributed by atoms with van der Waals surface area (Å²) < 4.78 is 17.8. The number of amides is 1. The number of aromatic nitrogens is 4. The standard InChI is InChI=1S/C18H17N5O4/c1-11(2)23-8-7-13(22-23)17-20-21-18(27-17)19-16(24)6-4-12-3-5-14-15(9-12)26-10-25-14/h3-9,11H,10H2,1-2H3,(H,19,21,24). The van der Waals surface area contributed by atoms with Gasteiger partial charge in [-0.05, 0) is 43.7 Å². The molecule has 1 aliphatic heterocycles. The molecule has 0 aliphatic carbocycles. The van der Waals surface area contributed by atoms with Crippen LogP contribution in [0.5, 0.6) is 11.5 Å². The second-order valence-corrected chi connectivity index (χ2v) is 6.12. The average Bonchev–Trinajstić information content (AvgIpc) is 3.39. The molecular formula is C18H17N5O4. The van der Waals surface area contributed by atoms with Crippen molar-refractivity contribution >= 4 is 18.0 Å². The summed E-state index contributed by atoms with van der Waals surface area (Å²) >= 11 is 0. The van der Waals surface area contributed by atoms with Crippen molar-refractivity contribution in [3.63, 3.8) is 0 Å². The van der Waals surface area contributed by atoms with E-state index in [-0.39, 0.29) is 24.7 Å². The molecule has 4 rings (SSSR count). The monoisotopic (exact) mass is 367 g/mol. The molecule has 138 valence electrons. The number of fused-ring (bicyclic) bond motifs is 1. The first-order chi connectivity index (χ1) is 13.1. The molecule has 1 aromatic carbocycles. The van der Waals surface area contributed by atoms with E-state index in [4.69, 9.17) is 13.9 Å². The highest BCUT2D eigenvalue weighted by atomic mass is 16.7. The van der Waals surface area contributed by atoms with Crippen LogP contribution in [0.15, 0.2) is 41.0 Å². The van der Waals surface area contributed by atoms with Crippen molar-refractivity contribution < 1.29 is 18.7 Å². The molecule has 1 N–H and O–H groups in total. The predicted octanol–water partition coefficient (Wildman–Crippen LogP) is 2.89. The van der Waals surface area contributed by atoms with Gasteiger partial charge in [-0.15, -0.1) is 5.10 Å². The lowest BCUT2D eigenvalue weighted by atomic mass is 10.2. The van der Waals surface area contributed by atoms with Gasteiger partial charge >= 0.3 is 6.01 Å². The molecule has 3 aromatic rings. The number of benzene rings is 1. The number of nitrogens with one attached hydrogen (secondary N) is 1. The fourth-order valence-corrected chi connectivity index (χ4v) is 2.45. The average molecular weight is 367 g/mol. The van der Waals surface area contributed by atoms with Crippen LogP contribution in [0.4, 0.5) is 6.01 Å². The first kappa shape index (κ1) is 16.8. The maximum atomic E-state index is 12.1. The van der Waals surface area contributed by atoms with Gasteiger partial charge in [0.2, 0.25) is 6.79 Å². The molecule has 0 unspecified atom stereocenters. The van der Waals surface area contributed by atoms with E-state index in [1.165, 1.54) is 6.08 Å². The molecule has 0 saturated carbocycles. The van der Waals surface area contributed by atoms with Crippen molar-refractivity contribution in [2.45, 2.75) is 19.9 Å². The van der Waals surface area contributed by atoms with Crippen LogP contribution in [0.3, 0.4) is 0 Å². The zero-order chi connectivity index (χ0) is 18.8. The molecule has 0 radical (unpaired) electrons. The predicted molar refractivity (Wildman–Crippen MR) is 96.1 cm³/mol. The quantitative estimate of drug-likeness (QED) is 0.691. The summed E-state index contributed by atoms with van der Waals surface area (Å²) in [5, 5.41) is 14.6. The van der Waals surface area contributed by atoms with Crippen LogP contribution in [-0.2, 0) is 4.79 Å². The van der Waals surface area contributed by atoms with Crippen molar-refractivity contribution in [1.29, 1.82) is 0 Å². The first-order valence-corrected chi connectivity index (χ1v) is 8.36. The molecule has 0 spiro atoms. The summed E-state index contributed by atoms with van der Waals surface area (Å²) in [5.74, 6) is 1.19. The molecule has 1 amide bonds. The fraction of sp³-hybridized carbons (Fsp3) is 0.222. The number of carbonyl (C=O) groups is 1. The van der Waals surface area contributed by atoms with E-state index in [2.05, 4.69) is 20.6 Å². The largest absolute Gasteiger partial charge is 0.454 e. The van der Waals surface area contributed by atoms with Gasteiger partial charge in [-0.2, -0.15) is 5.10 Å². The molecule has 2 aromatic heterocycles. The maximum absolute atomic E-state index is 12.1. The number of anilines is 1. The van der Waals surface area contributed by atoms with Gasteiger partial charge in [-0.3, -0.25) is 14.8 Å². The summed E-state index contributed by atoms with van der Waals surface area (Å²) in [5.41, 5.74) is 1.35. The molecule has 0 bridgehead atoms. The van der Waals surface area contributed by atoms with Gasteiger partial charge in [0.1, 0.15) is 5.69 Å². The Morgan fingerprint density at radius 3 is 2.89 bits per heavy atom. The summed E-state index contributed by atoms with van der Waals surface area (Å²) in [7, 11) is 0. The number of rotatable bonds is 5. The van der Waals surface area contributed by atoms with Crippen molar-refractivity contribution in [2.75, 3.05) is 12.1 Å². The van der Waals surface area contributed by atoms with Crippen molar-refractivity contribution in [2.24, 2.45) is 0 Å². The van der Waals surface area contributed by atoms with Crippen LogP contribution in [0.25, 0.3) is 17.7 Å². The molecule has 9 heteroatoms. The van der Waals surface area contributed by atoms with E-state index < -0.39 is 5.91 Å². The topological polar surface area (TPSA) is 104 Å². The third kappa shape index (κ3) is 3.66. The van der Waals surface area contributed by atoms with Crippen LogP contribution >= 0.6 is 0 Å². The lowest BCUT2D eigenvalue weighted by Gasteiger charge is -2.02. The van der Waals surface area contributed by atoms with Crippen molar-refractivity contribution in [3.8, 4) is 23.1 Å². The SMILES string of the molecule is CC(C)n1ccc(-c2nnc(NC(=O)C=Cc3ccc4c(c3)OCO4)o2)n1. The van der Waals surface area contributed by atoms with Gasteiger partial charge in [0.15, 0.2) is 11.5 Å². The molecule has 27 heavy (non-hydrogen) atoms. The Labute approximate surface area is 154 Å². The lowest BCUT2D eigenvalue weighted by molar-refractivity contribution is -0.112. The minimum absolute atomic E-state index is 0.00411. The van der Waals surface area contributed by atoms with E-state index in [9.17, 15) is 4.79 Å². The van der Waals surface area contributed by atoms with Crippen LogP contribution in [0.2, 0.25) is 0 Å². The Kier molecular flexibility index (Phi) is 4.33. The van der Waals surface area contributed by atoms with Gasteiger partial charge in [0, 0.05) is 18.3 Å². The van der Waals surface area contributed by atoms with Gasteiger partial charge in [-0.1, -0.05) is 11.2 Å². The molecule has 0 fully saturated rings. The minimum atomic E-state index is -0.393. The van der Waals surface area contributed by atoms with Gasteiger partial charge < -0.3 is 13.9 Å². The van der Waals surface area contributed by atoms with E-state index in [1.807, 2.05) is 26.1 Å². The Hall–Kier alpha value is -3.62. The first-order valence-electron chi connectivity index (χ1n) is 8.36. The third-order valence-electron chi connectivity index (χ3n) is 3.84. The highest BCUT2D eigenvalue weighted by molar-refractivity contribution is 6.00. The van der Waals surface area contributed by atoms with Gasteiger partial charge in [0.25, 0.3) is 11.8 Å². The lowest BCUT2D eigenvalue weighted by Crippen LogP contribution is -2.07. The van der Waals surface area contributed by atoms with Gasteiger partial charge in [-0.25, -0.2) is 0 Å². The van der Waals surface area contributed by atoms with Crippen LogP contribution in [0.1, 0.15) is 25.5 Å². The summed E-state index contributed by atoms with van der Waals surface area (Å²) in [6, 6.07) is 7.42.